The monoisotopic (exact) mass is 308 g/mol. The number of aliphatic imine (C=N–C) groups is 1. The molecule has 0 aliphatic carbocycles. The number of nitrogens with two attached hydrogens (primary N) is 1. The molecule has 120 valence electrons. The maximum Gasteiger partial charge on any atom is 0.211 e. The number of rotatable bonds is 11. The van der Waals surface area contributed by atoms with Crippen molar-refractivity contribution in [3.05, 3.63) is 0 Å². The van der Waals surface area contributed by atoms with Crippen molar-refractivity contribution in [1.82, 2.24) is 9.62 Å². The lowest BCUT2D eigenvalue weighted by molar-refractivity contribution is 0.146. The second-order valence-electron chi connectivity index (χ2n) is 4.35. The van der Waals surface area contributed by atoms with Crippen LogP contribution in [0.15, 0.2) is 4.99 Å². The molecule has 0 fully saturated rings. The number of nitrogens with zero attached hydrogens (tertiary/aromatic N) is 2. The molecule has 20 heavy (non-hydrogen) atoms. The summed E-state index contributed by atoms with van der Waals surface area (Å²) in [7, 11) is -3.11. The zero-order chi connectivity index (χ0) is 15.4. The van der Waals surface area contributed by atoms with E-state index in [9.17, 15) is 8.42 Å². The number of hydrogen-bond donors (Lipinski definition) is 2. The highest BCUT2D eigenvalue weighted by Gasteiger charge is 2.12. The van der Waals surface area contributed by atoms with Crippen molar-refractivity contribution in [2.24, 2.45) is 10.7 Å². The molecule has 0 unspecified atom stereocenters. The molecule has 0 saturated heterocycles. The molecule has 0 atom stereocenters. The SMILES string of the molecule is CCOCCCN=C(N)NCCCN(CC)S(C)(=O)=O. The van der Waals surface area contributed by atoms with Crippen LogP contribution in [0.25, 0.3) is 0 Å². The Morgan fingerprint density at radius 2 is 2.05 bits per heavy atom. The van der Waals surface area contributed by atoms with E-state index in [0.717, 1.165) is 6.42 Å². The molecule has 0 aliphatic heterocycles. The zero-order valence-electron chi connectivity index (χ0n) is 12.8. The molecule has 0 amide bonds. The summed E-state index contributed by atoms with van der Waals surface area (Å²) in [5.41, 5.74) is 5.69. The van der Waals surface area contributed by atoms with E-state index < -0.39 is 10.0 Å². The second kappa shape index (κ2) is 10.9. The highest BCUT2D eigenvalue weighted by molar-refractivity contribution is 7.88. The molecule has 0 radical (unpaired) electrons. The fraction of sp³-hybridized carbons (Fsp3) is 0.917. The van der Waals surface area contributed by atoms with Crippen LogP contribution >= 0.6 is 0 Å². The molecule has 0 aromatic heterocycles. The predicted octanol–water partition coefficient (Wildman–Crippen LogP) is -0.0111. The molecule has 0 saturated carbocycles. The van der Waals surface area contributed by atoms with Gasteiger partial charge in [-0.05, 0) is 19.8 Å². The van der Waals surface area contributed by atoms with Gasteiger partial charge in [0.25, 0.3) is 0 Å². The van der Waals surface area contributed by atoms with Gasteiger partial charge in [-0.2, -0.15) is 0 Å². The maximum atomic E-state index is 11.4. The van der Waals surface area contributed by atoms with Crippen molar-refractivity contribution in [2.45, 2.75) is 26.7 Å². The van der Waals surface area contributed by atoms with E-state index in [1.54, 1.807) is 0 Å². The van der Waals surface area contributed by atoms with Gasteiger partial charge in [-0.25, -0.2) is 12.7 Å². The molecule has 8 heteroatoms. The van der Waals surface area contributed by atoms with Crippen LogP contribution in [0.4, 0.5) is 0 Å². The van der Waals surface area contributed by atoms with Gasteiger partial charge in [-0.3, -0.25) is 4.99 Å². The molecular formula is C12H28N4O3S. The Balaban J connectivity index is 3.75. The molecule has 0 aromatic carbocycles. The standard InChI is InChI=1S/C12H28N4O3S/c1-4-16(20(3,17)18)10-6-8-14-12(13)15-9-7-11-19-5-2/h4-11H2,1-3H3,(H3,13,14,15). The Morgan fingerprint density at radius 1 is 1.35 bits per heavy atom. The van der Waals surface area contributed by atoms with E-state index in [4.69, 9.17) is 10.5 Å². The second-order valence-corrected chi connectivity index (χ2v) is 6.33. The molecular weight excluding hydrogens is 280 g/mol. The first kappa shape index (κ1) is 19.1. The van der Waals surface area contributed by atoms with Gasteiger partial charge < -0.3 is 15.8 Å². The lowest BCUT2D eigenvalue weighted by atomic mass is 10.4. The highest BCUT2D eigenvalue weighted by Crippen LogP contribution is 1.97. The van der Waals surface area contributed by atoms with Crippen LogP contribution in [0.2, 0.25) is 0 Å². The Hall–Kier alpha value is -0.860. The van der Waals surface area contributed by atoms with Crippen LogP contribution in [0.5, 0.6) is 0 Å². The average Bonchev–Trinajstić information content (AvgIpc) is 2.37. The van der Waals surface area contributed by atoms with Crippen molar-refractivity contribution in [3.63, 3.8) is 0 Å². The predicted molar refractivity (Wildman–Crippen MR) is 82.3 cm³/mol. The molecule has 7 nitrogen and oxygen atoms in total. The summed E-state index contributed by atoms with van der Waals surface area (Å²) < 4.78 is 29.4. The fourth-order valence-electron chi connectivity index (χ4n) is 1.60. The van der Waals surface area contributed by atoms with Gasteiger partial charge in [-0.15, -0.1) is 0 Å². The van der Waals surface area contributed by atoms with Gasteiger partial charge in [0.05, 0.1) is 6.26 Å². The largest absolute Gasteiger partial charge is 0.382 e. The lowest BCUT2D eigenvalue weighted by Crippen LogP contribution is -2.36. The maximum absolute atomic E-state index is 11.4. The number of sulfonamides is 1. The first-order valence-corrected chi connectivity index (χ1v) is 8.83. The summed E-state index contributed by atoms with van der Waals surface area (Å²) >= 11 is 0. The van der Waals surface area contributed by atoms with Crippen LogP contribution in [-0.2, 0) is 14.8 Å². The Labute approximate surface area is 122 Å². The van der Waals surface area contributed by atoms with Gasteiger partial charge in [0.15, 0.2) is 5.96 Å². The van der Waals surface area contributed by atoms with Crippen molar-refractivity contribution < 1.29 is 13.2 Å². The van der Waals surface area contributed by atoms with Crippen molar-refractivity contribution in [2.75, 3.05) is 45.6 Å². The summed E-state index contributed by atoms with van der Waals surface area (Å²) in [6, 6.07) is 0. The van der Waals surface area contributed by atoms with E-state index in [0.29, 0.717) is 51.8 Å². The summed E-state index contributed by atoms with van der Waals surface area (Å²) in [4.78, 5) is 4.15. The quantitative estimate of drug-likeness (QED) is 0.318. The minimum Gasteiger partial charge on any atom is -0.382 e. The normalized spacial score (nSPS) is 12.9. The number of nitrogens with one attached hydrogen (secondary N) is 1. The zero-order valence-corrected chi connectivity index (χ0v) is 13.6. The minimum atomic E-state index is -3.11. The number of ether oxygens (including phenoxy) is 1. The number of guanidine groups is 1. The van der Waals surface area contributed by atoms with Gasteiger partial charge in [0.1, 0.15) is 0 Å². The van der Waals surface area contributed by atoms with Gasteiger partial charge >= 0.3 is 0 Å². The van der Waals surface area contributed by atoms with Crippen LogP contribution in [-0.4, -0.2) is 64.3 Å². The molecule has 0 aromatic rings. The van der Waals surface area contributed by atoms with Crippen LogP contribution < -0.4 is 11.1 Å². The third kappa shape index (κ3) is 9.99. The van der Waals surface area contributed by atoms with E-state index in [1.807, 2.05) is 13.8 Å². The van der Waals surface area contributed by atoms with Crippen molar-refractivity contribution in [3.8, 4) is 0 Å². The third-order valence-electron chi connectivity index (χ3n) is 2.65. The first-order valence-electron chi connectivity index (χ1n) is 6.98. The third-order valence-corrected chi connectivity index (χ3v) is 4.02. The Morgan fingerprint density at radius 3 is 2.60 bits per heavy atom. The van der Waals surface area contributed by atoms with Crippen LogP contribution in [0, 0.1) is 0 Å². The molecule has 0 heterocycles. The Kier molecular flexibility index (Phi) is 10.4. The smallest absolute Gasteiger partial charge is 0.211 e. The van der Waals surface area contributed by atoms with Crippen LogP contribution in [0.3, 0.4) is 0 Å². The summed E-state index contributed by atoms with van der Waals surface area (Å²) in [5, 5.41) is 2.97. The molecule has 3 N–H and O–H groups in total. The van der Waals surface area contributed by atoms with Crippen LogP contribution in [0.1, 0.15) is 26.7 Å². The van der Waals surface area contributed by atoms with Crippen molar-refractivity contribution >= 4 is 16.0 Å². The summed E-state index contributed by atoms with van der Waals surface area (Å²) in [5.74, 6) is 0.393. The van der Waals surface area contributed by atoms with E-state index in [2.05, 4.69) is 10.3 Å². The number of hydrogen-bond acceptors (Lipinski definition) is 4. The summed E-state index contributed by atoms with van der Waals surface area (Å²) in [6.45, 7) is 7.38. The fourth-order valence-corrected chi connectivity index (χ4v) is 2.53. The highest BCUT2D eigenvalue weighted by atomic mass is 32.2. The molecule has 0 spiro atoms. The summed E-state index contributed by atoms with van der Waals surface area (Å²) in [6.07, 6.45) is 2.75. The average molecular weight is 308 g/mol. The van der Waals surface area contributed by atoms with E-state index in [-0.39, 0.29) is 0 Å². The van der Waals surface area contributed by atoms with Crippen molar-refractivity contribution in [1.29, 1.82) is 0 Å². The Bertz CT molecular complexity index is 371. The minimum absolute atomic E-state index is 0.393. The molecule has 0 aliphatic rings. The topological polar surface area (TPSA) is 97.0 Å². The lowest BCUT2D eigenvalue weighted by Gasteiger charge is -2.17. The molecule has 0 bridgehead atoms. The van der Waals surface area contributed by atoms with Gasteiger partial charge in [-0.1, -0.05) is 6.92 Å². The first-order chi connectivity index (χ1) is 9.41. The molecule has 0 rings (SSSR count). The van der Waals surface area contributed by atoms with Gasteiger partial charge in [0.2, 0.25) is 10.0 Å². The van der Waals surface area contributed by atoms with Gasteiger partial charge in [0, 0.05) is 39.4 Å². The van der Waals surface area contributed by atoms with E-state index in [1.165, 1.54) is 10.6 Å². The van der Waals surface area contributed by atoms with E-state index >= 15 is 0 Å².